The topological polar surface area (TPSA) is 118 Å². The van der Waals surface area contributed by atoms with Gasteiger partial charge in [-0.1, -0.05) is 20.8 Å². The van der Waals surface area contributed by atoms with Crippen LogP contribution in [-0.4, -0.2) is 23.3 Å². The summed E-state index contributed by atoms with van der Waals surface area (Å²) >= 11 is 0. The van der Waals surface area contributed by atoms with E-state index in [-0.39, 0.29) is 10.8 Å². The van der Waals surface area contributed by atoms with Crippen molar-refractivity contribution in [2.24, 2.45) is 16.7 Å². The van der Waals surface area contributed by atoms with Crippen LogP contribution in [0.5, 0.6) is 0 Å². The van der Waals surface area contributed by atoms with E-state index in [2.05, 4.69) is 47.6 Å². The highest BCUT2D eigenvalue weighted by molar-refractivity contribution is 7.79. The molecule has 0 aliphatic heterocycles. The third-order valence-electron chi connectivity index (χ3n) is 6.86. The molecule has 2 unspecified atom stereocenters. The Hall–Kier alpha value is -1.70. The third-order valence-corrected chi connectivity index (χ3v) is 6.86. The van der Waals surface area contributed by atoms with Gasteiger partial charge in [-0.05, 0) is 84.9 Å². The molecule has 6 nitrogen and oxygen atoms in total. The quantitative estimate of drug-likeness (QED) is 0.376. The van der Waals surface area contributed by atoms with Crippen LogP contribution in [-0.2, 0) is 15.2 Å². The summed E-state index contributed by atoms with van der Waals surface area (Å²) < 4.78 is 31.6. The second-order valence-electron chi connectivity index (χ2n) is 8.47. The van der Waals surface area contributed by atoms with Gasteiger partial charge in [0, 0.05) is 11.1 Å². The summed E-state index contributed by atoms with van der Waals surface area (Å²) in [4.78, 5) is 13.0. The van der Waals surface area contributed by atoms with Gasteiger partial charge >= 0.3 is 10.4 Å². The molecule has 2 saturated carbocycles. The predicted octanol–water partition coefficient (Wildman–Crippen LogP) is 3.95. The number of Topliss-reactive ketones (excluding diaryl/α,β-unsaturated/α-hetero) is 1. The molecule has 2 fully saturated rings. The van der Waals surface area contributed by atoms with Gasteiger partial charge in [0.1, 0.15) is 0 Å². The first-order chi connectivity index (χ1) is 12.1. The number of rotatable bonds is 1. The van der Waals surface area contributed by atoms with E-state index in [1.807, 2.05) is 6.07 Å². The number of hydrogen-bond acceptors (Lipinski definition) is 4. The number of carbonyl (C=O) groups excluding carboxylic acids is 1. The molecule has 0 radical (unpaired) electrons. The zero-order valence-corrected chi connectivity index (χ0v) is 17.6. The lowest BCUT2D eigenvalue weighted by Gasteiger charge is -2.31. The maximum Gasteiger partial charge on any atom is 0.394 e. The molecule has 0 aromatic heterocycles. The molecule has 2 bridgehead atoms. The SMILES string of the molecule is Cc1cc(N)c(C)c(C)c1C=C1C(=O)C2(C)CCC1C2(C)C.O=S(=O)(O)O. The van der Waals surface area contributed by atoms with Crippen LogP contribution in [0.4, 0.5) is 5.69 Å². The standard InChI is InChI=1S/C20H27NO.H2O4S/c1-11-9-17(21)13(3)12(2)14(11)10-15-16-7-8-20(6,18(15)22)19(16,4)5;1-5(2,3)4/h9-10,16H,7-8,21H2,1-6H3;(H2,1,2,3,4). The minimum Gasteiger partial charge on any atom is -0.398 e. The van der Waals surface area contributed by atoms with Crippen LogP contribution >= 0.6 is 0 Å². The van der Waals surface area contributed by atoms with Crippen molar-refractivity contribution in [1.82, 2.24) is 0 Å². The Kier molecular flexibility index (Phi) is 5.38. The second-order valence-corrected chi connectivity index (χ2v) is 9.36. The maximum absolute atomic E-state index is 13.0. The first-order valence-corrected chi connectivity index (χ1v) is 10.3. The zero-order valence-electron chi connectivity index (χ0n) is 16.8. The summed E-state index contributed by atoms with van der Waals surface area (Å²) in [5.41, 5.74) is 12.5. The highest BCUT2D eigenvalue weighted by atomic mass is 32.3. The summed E-state index contributed by atoms with van der Waals surface area (Å²) in [7, 11) is -4.67. The van der Waals surface area contributed by atoms with Crippen molar-refractivity contribution in [1.29, 1.82) is 0 Å². The van der Waals surface area contributed by atoms with E-state index in [1.165, 1.54) is 11.1 Å². The van der Waals surface area contributed by atoms with E-state index in [1.54, 1.807) is 0 Å². The number of ketones is 1. The lowest BCUT2D eigenvalue weighted by Crippen LogP contribution is -2.32. The summed E-state index contributed by atoms with van der Waals surface area (Å²) in [5.74, 6) is 0.753. The normalized spacial score (nSPS) is 27.6. The largest absolute Gasteiger partial charge is 0.398 e. The predicted molar refractivity (Wildman–Crippen MR) is 107 cm³/mol. The smallest absolute Gasteiger partial charge is 0.394 e. The molecule has 4 N–H and O–H groups in total. The van der Waals surface area contributed by atoms with E-state index in [9.17, 15) is 4.79 Å². The molecule has 1 aromatic carbocycles. The van der Waals surface area contributed by atoms with Crippen molar-refractivity contribution in [3.63, 3.8) is 0 Å². The van der Waals surface area contributed by atoms with Crippen LogP contribution in [0.25, 0.3) is 6.08 Å². The Morgan fingerprint density at radius 3 is 2.11 bits per heavy atom. The monoisotopic (exact) mass is 395 g/mol. The first kappa shape index (κ1) is 21.6. The molecule has 0 heterocycles. The number of nitrogens with two attached hydrogens (primary N) is 1. The van der Waals surface area contributed by atoms with Crippen LogP contribution in [0.3, 0.4) is 0 Å². The van der Waals surface area contributed by atoms with Crippen LogP contribution in [0.15, 0.2) is 11.6 Å². The fraction of sp³-hybridized carbons (Fsp3) is 0.550. The van der Waals surface area contributed by atoms with Gasteiger partial charge in [-0.25, -0.2) is 0 Å². The van der Waals surface area contributed by atoms with Crippen LogP contribution in [0.2, 0.25) is 0 Å². The highest BCUT2D eigenvalue weighted by Crippen LogP contribution is 2.65. The molecule has 0 saturated heterocycles. The Bertz CT molecular complexity index is 922. The molecule has 0 amide bonds. The van der Waals surface area contributed by atoms with Crippen molar-refractivity contribution < 1.29 is 22.3 Å². The molecule has 2 aliphatic carbocycles. The summed E-state index contributed by atoms with van der Waals surface area (Å²) in [6.45, 7) is 12.9. The lowest BCUT2D eigenvalue weighted by atomic mass is 9.70. The van der Waals surface area contributed by atoms with Crippen molar-refractivity contribution in [3.05, 3.63) is 33.9 Å². The van der Waals surface area contributed by atoms with E-state index in [0.717, 1.165) is 35.2 Å². The highest BCUT2D eigenvalue weighted by Gasteiger charge is 2.63. The number of nitrogen functional groups attached to an aromatic ring is 1. The number of fused-ring (bicyclic) bond motifs is 2. The van der Waals surface area contributed by atoms with Crippen molar-refractivity contribution in [3.8, 4) is 0 Å². The van der Waals surface area contributed by atoms with Crippen molar-refractivity contribution in [2.75, 3.05) is 5.73 Å². The molecule has 7 heteroatoms. The number of benzene rings is 1. The molecule has 3 rings (SSSR count). The molecule has 0 spiro atoms. The number of aryl methyl sites for hydroxylation is 1. The van der Waals surface area contributed by atoms with Crippen LogP contribution in [0.1, 0.15) is 55.9 Å². The Balaban J connectivity index is 0.000000465. The van der Waals surface area contributed by atoms with Gasteiger partial charge in [0.15, 0.2) is 5.78 Å². The van der Waals surface area contributed by atoms with Gasteiger partial charge in [-0.15, -0.1) is 0 Å². The van der Waals surface area contributed by atoms with E-state index in [4.69, 9.17) is 23.3 Å². The number of carbonyl (C=O) groups is 1. The second kappa shape index (κ2) is 6.72. The summed E-state index contributed by atoms with van der Waals surface area (Å²) in [5, 5.41) is 0. The van der Waals surface area contributed by atoms with E-state index in [0.29, 0.717) is 11.7 Å². The van der Waals surface area contributed by atoms with Gasteiger partial charge in [0.25, 0.3) is 0 Å². The minimum absolute atomic E-state index is 0.0700. The van der Waals surface area contributed by atoms with Gasteiger partial charge in [0.2, 0.25) is 0 Å². The molecule has 2 aliphatic rings. The lowest BCUT2D eigenvalue weighted by molar-refractivity contribution is -0.125. The maximum atomic E-state index is 13.0. The van der Waals surface area contributed by atoms with Crippen LogP contribution < -0.4 is 5.73 Å². The fourth-order valence-electron chi connectivity index (χ4n) is 4.61. The molecule has 150 valence electrons. The summed E-state index contributed by atoms with van der Waals surface area (Å²) in [6.07, 6.45) is 4.32. The number of hydrogen-bond donors (Lipinski definition) is 3. The van der Waals surface area contributed by atoms with Crippen LogP contribution in [0, 0.1) is 37.5 Å². The van der Waals surface area contributed by atoms with Gasteiger partial charge < -0.3 is 5.73 Å². The third kappa shape index (κ3) is 3.68. The van der Waals surface area contributed by atoms with Gasteiger partial charge in [0.05, 0.1) is 0 Å². The molecular formula is C20H29NO5S. The molecule has 2 atom stereocenters. The average Bonchev–Trinajstić information content (AvgIpc) is 2.81. The van der Waals surface area contributed by atoms with Crippen molar-refractivity contribution >= 4 is 27.9 Å². The molecule has 1 aromatic rings. The average molecular weight is 396 g/mol. The Labute approximate surface area is 161 Å². The first-order valence-electron chi connectivity index (χ1n) is 8.94. The van der Waals surface area contributed by atoms with Gasteiger partial charge in [-0.2, -0.15) is 8.42 Å². The van der Waals surface area contributed by atoms with Gasteiger partial charge in [-0.3, -0.25) is 13.9 Å². The van der Waals surface area contributed by atoms with Crippen molar-refractivity contribution in [2.45, 2.75) is 54.4 Å². The molecular weight excluding hydrogens is 366 g/mol. The minimum atomic E-state index is -4.67. The Morgan fingerprint density at radius 1 is 1.15 bits per heavy atom. The zero-order chi connectivity index (χ0) is 20.9. The number of allylic oxidation sites excluding steroid dienone is 1. The Morgan fingerprint density at radius 2 is 1.67 bits per heavy atom. The molecule has 27 heavy (non-hydrogen) atoms. The summed E-state index contributed by atoms with van der Waals surface area (Å²) in [6, 6.07) is 2.03. The van der Waals surface area contributed by atoms with E-state index >= 15 is 0 Å². The number of anilines is 1. The fourth-order valence-corrected chi connectivity index (χ4v) is 4.61. The van der Waals surface area contributed by atoms with E-state index < -0.39 is 10.4 Å².